The fourth-order valence-electron chi connectivity index (χ4n) is 5.10. The fourth-order valence-corrected chi connectivity index (χ4v) is 5.10. The Morgan fingerprint density at radius 1 is 0.857 bits per heavy atom. The van der Waals surface area contributed by atoms with E-state index in [2.05, 4.69) is 30.3 Å². The van der Waals surface area contributed by atoms with Gasteiger partial charge < -0.3 is 0 Å². The lowest BCUT2D eigenvalue weighted by Gasteiger charge is -2.34. The van der Waals surface area contributed by atoms with Crippen LogP contribution in [0.25, 0.3) is 17.2 Å². The molecule has 0 amide bonds. The molecule has 0 radical (unpaired) electrons. The van der Waals surface area contributed by atoms with E-state index in [4.69, 9.17) is 0 Å². The average molecular weight is 478 g/mol. The van der Waals surface area contributed by atoms with Crippen molar-refractivity contribution in [2.24, 2.45) is 0 Å². The van der Waals surface area contributed by atoms with Crippen molar-refractivity contribution < 1.29 is 17.6 Å². The standard InChI is InChI=1S/C30H27F4N/c31-24-12-13-26(28(32)17-24)27-7-3-5-22-4-1-2-6-25(22)30(27)23-10-8-20(9-11-23)16-21-18-35(19-21)15-14-29(33)34/h1-2,4,6,8-13,16-17,29H,3,5,7,14-15,18-19H2. The van der Waals surface area contributed by atoms with Crippen LogP contribution in [0.5, 0.6) is 0 Å². The first-order valence-corrected chi connectivity index (χ1v) is 12.0. The SMILES string of the molecule is Fc1ccc(C2=C(c3ccc(C=C4CN(CCC(F)F)C4)cc3)c3ccccc3CCC2)c(F)c1. The minimum Gasteiger partial charge on any atom is -0.295 e. The highest BCUT2D eigenvalue weighted by molar-refractivity contribution is 6.00. The summed E-state index contributed by atoms with van der Waals surface area (Å²) in [7, 11) is 0. The van der Waals surface area contributed by atoms with Gasteiger partial charge in [0, 0.05) is 37.7 Å². The van der Waals surface area contributed by atoms with Crippen LogP contribution in [-0.2, 0) is 6.42 Å². The van der Waals surface area contributed by atoms with Gasteiger partial charge in [0.15, 0.2) is 0 Å². The number of nitrogens with zero attached hydrogens (tertiary/aromatic N) is 1. The normalized spacial score (nSPS) is 16.2. The maximum Gasteiger partial charge on any atom is 0.239 e. The Morgan fingerprint density at radius 3 is 2.37 bits per heavy atom. The van der Waals surface area contributed by atoms with Crippen LogP contribution in [0.3, 0.4) is 0 Å². The summed E-state index contributed by atoms with van der Waals surface area (Å²) in [5.74, 6) is -1.12. The van der Waals surface area contributed by atoms with Gasteiger partial charge in [0.25, 0.3) is 0 Å². The molecule has 5 heteroatoms. The fraction of sp³-hybridized carbons (Fsp3) is 0.267. The number of likely N-dealkylation sites (tertiary alicyclic amines) is 1. The van der Waals surface area contributed by atoms with Crippen LogP contribution in [0.2, 0.25) is 0 Å². The lowest BCUT2D eigenvalue weighted by molar-refractivity contribution is 0.111. The van der Waals surface area contributed by atoms with E-state index in [1.54, 1.807) is 6.07 Å². The van der Waals surface area contributed by atoms with Crippen LogP contribution < -0.4 is 0 Å². The zero-order chi connectivity index (χ0) is 24.4. The van der Waals surface area contributed by atoms with Crippen LogP contribution in [0, 0.1) is 11.6 Å². The van der Waals surface area contributed by atoms with E-state index >= 15 is 0 Å². The lowest BCUT2D eigenvalue weighted by Crippen LogP contribution is -2.40. The van der Waals surface area contributed by atoms with E-state index in [9.17, 15) is 17.6 Å². The number of rotatable bonds is 6. The molecule has 1 saturated heterocycles. The molecule has 1 nitrogen and oxygen atoms in total. The molecule has 1 fully saturated rings. The Morgan fingerprint density at radius 2 is 1.63 bits per heavy atom. The Hall–Kier alpha value is -3.18. The molecular formula is C30H27F4N. The molecule has 1 heterocycles. The number of fused-ring (bicyclic) bond motifs is 1. The molecule has 2 aliphatic rings. The van der Waals surface area contributed by atoms with Crippen molar-refractivity contribution in [1.82, 2.24) is 4.90 Å². The number of halogens is 4. The molecule has 0 saturated carbocycles. The van der Waals surface area contributed by atoms with Gasteiger partial charge in [-0.25, -0.2) is 17.6 Å². The largest absolute Gasteiger partial charge is 0.295 e. The highest BCUT2D eigenvalue weighted by Crippen LogP contribution is 2.40. The van der Waals surface area contributed by atoms with Gasteiger partial charge in [-0.1, -0.05) is 54.6 Å². The third-order valence-electron chi connectivity index (χ3n) is 6.80. The molecule has 0 aromatic heterocycles. The minimum atomic E-state index is -2.26. The van der Waals surface area contributed by atoms with Crippen molar-refractivity contribution >= 4 is 17.2 Å². The monoisotopic (exact) mass is 477 g/mol. The predicted molar refractivity (Wildman–Crippen MR) is 133 cm³/mol. The van der Waals surface area contributed by atoms with Crippen molar-refractivity contribution in [1.29, 1.82) is 0 Å². The van der Waals surface area contributed by atoms with E-state index in [1.807, 2.05) is 29.2 Å². The van der Waals surface area contributed by atoms with Crippen molar-refractivity contribution in [3.05, 3.63) is 112 Å². The second-order valence-corrected chi connectivity index (χ2v) is 9.30. The van der Waals surface area contributed by atoms with Crippen LogP contribution in [0.15, 0.2) is 72.3 Å². The van der Waals surface area contributed by atoms with Gasteiger partial charge in [-0.05, 0) is 70.4 Å². The van der Waals surface area contributed by atoms with Crippen molar-refractivity contribution in [2.75, 3.05) is 19.6 Å². The molecular weight excluding hydrogens is 450 g/mol. The van der Waals surface area contributed by atoms with Gasteiger partial charge >= 0.3 is 0 Å². The molecule has 180 valence electrons. The highest BCUT2D eigenvalue weighted by Gasteiger charge is 2.23. The summed E-state index contributed by atoms with van der Waals surface area (Å²) < 4.78 is 53.3. The molecule has 1 aliphatic heterocycles. The highest BCUT2D eigenvalue weighted by atomic mass is 19.3. The van der Waals surface area contributed by atoms with Crippen molar-refractivity contribution in [2.45, 2.75) is 32.1 Å². The third kappa shape index (κ3) is 5.25. The lowest BCUT2D eigenvalue weighted by atomic mass is 9.87. The molecule has 0 bridgehead atoms. The number of allylic oxidation sites excluding steroid dienone is 1. The minimum absolute atomic E-state index is 0.0878. The first kappa shape index (κ1) is 23.6. The van der Waals surface area contributed by atoms with Crippen LogP contribution in [0.1, 0.15) is 47.1 Å². The molecule has 1 aliphatic carbocycles. The number of aryl methyl sites for hydroxylation is 1. The van der Waals surface area contributed by atoms with Gasteiger partial charge in [-0.3, -0.25) is 4.90 Å². The molecule has 35 heavy (non-hydrogen) atoms. The van der Waals surface area contributed by atoms with Crippen LogP contribution in [-0.4, -0.2) is 31.0 Å². The zero-order valence-electron chi connectivity index (χ0n) is 19.4. The summed E-state index contributed by atoms with van der Waals surface area (Å²) in [6.45, 7) is 1.87. The molecule has 3 aromatic carbocycles. The van der Waals surface area contributed by atoms with E-state index in [0.717, 1.165) is 59.8 Å². The first-order valence-electron chi connectivity index (χ1n) is 12.0. The van der Waals surface area contributed by atoms with E-state index in [-0.39, 0.29) is 6.42 Å². The van der Waals surface area contributed by atoms with E-state index in [1.165, 1.54) is 17.2 Å². The van der Waals surface area contributed by atoms with Gasteiger partial charge in [0.1, 0.15) is 11.6 Å². The molecule has 0 spiro atoms. The van der Waals surface area contributed by atoms with E-state index in [0.29, 0.717) is 18.5 Å². The number of hydrogen-bond acceptors (Lipinski definition) is 1. The van der Waals surface area contributed by atoms with Gasteiger partial charge in [0.05, 0.1) is 0 Å². The molecule has 3 aromatic rings. The Balaban J connectivity index is 1.48. The maximum absolute atomic E-state index is 14.9. The average Bonchev–Trinajstić information content (AvgIpc) is 3.00. The summed E-state index contributed by atoms with van der Waals surface area (Å²) in [6.07, 6.45) is 2.25. The van der Waals surface area contributed by atoms with Crippen LogP contribution >= 0.6 is 0 Å². The predicted octanol–water partition coefficient (Wildman–Crippen LogP) is 7.61. The van der Waals surface area contributed by atoms with Gasteiger partial charge in [-0.15, -0.1) is 0 Å². The summed E-state index contributed by atoms with van der Waals surface area (Å²) in [5.41, 5.74) is 7.91. The molecule has 0 atom stereocenters. The second kappa shape index (κ2) is 10.2. The third-order valence-corrected chi connectivity index (χ3v) is 6.80. The Bertz CT molecular complexity index is 1270. The number of alkyl halides is 2. The summed E-state index contributed by atoms with van der Waals surface area (Å²) in [5, 5.41) is 0. The van der Waals surface area contributed by atoms with Crippen molar-refractivity contribution in [3.8, 4) is 0 Å². The maximum atomic E-state index is 14.9. The summed E-state index contributed by atoms with van der Waals surface area (Å²) in [6, 6.07) is 20.2. The van der Waals surface area contributed by atoms with Gasteiger partial charge in [0.2, 0.25) is 6.43 Å². The van der Waals surface area contributed by atoms with E-state index < -0.39 is 18.1 Å². The number of benzene rings is 3. The topological polar surface area (TPSA) is 3.24 Å². The first-order chi connectivity index (χ1) is 17.0. The molecule has 5 rings (SSSR count). The smallest absolute Gasteiger partial charge is 0.239 e. The zero-order valence-corrected chi connectivity index (χ0v) is 19.4. The Labute approximate surface area is 203 Å². The second-order valence-electron chi connectivity index (χ2n) is 9.30. The van der Waals surface area contributed by atoms with Crippen LogP contribution in [0.4, 0.5) is 17.6 Å². The molecule has 0 N–H and O–H groups in total. The van der Waals surface area contributed by atoms with Gasteiger partial charge in [-0.2, -0.15) is 0 Å². The summed E-state index contributed by atoms with van der Waals surface area (Å²) in [4.78, 5) is 2.02. The van der Waals surface area contributed by atoms with Crippen molar-refractivity contribution in [3.63, 3.8) is 0 Å². The number of hydrogen-bond donors (Lipinski definition) is 0. The quantitative estimate of drug-likeness (QED) is 0.330. The summed E-state index contributed by atoms with van der Waals surface area (Å²) >= 11 is 0. The Kier molecular flexibility index (Phi) is 6.87. The molecule has 0 unspecified atom stereocenters.